The van der Waals surface area contributed by atoms with Crippen LogP contribution in [0, 0.1) is 0 Å². The molecule has 0 fully saturated rings. The molecule has 0 saturated heterocycles. The van der Waals surface area contributed by atoms with Gasteiger partial charge in [0.2, 0.25) is 0 Å². The van der Waals surface area contributed by atoms with Gasteiger partial charge < -0.3 is 4.90 Å². The molecular weight excluding hydrogens is 779 g/mol. The molecule has 1 aromatic heterocycles. The van der Waals surface area contributed by atoms with Crippen molar-refractivity contribution in [1.82, 2.24) is 0 Å². The Bertz CT molecular complexity index is 3310. The van der Waals surface area contributed by atoms with Crippen LogP contribution < -0.4 is 4.90 Å². The standard InChI is InChI=1S/C61H49NS/c1-60(2,3)48-27-33-53-52-31-25-46(36-56(52)61(4,5)57(53)38-48)44-15-12-16-45(35-44)47-26-32-54-55-39-51(30-34-58(55)63-59(54)37-47)62(49-17-10-7-11-18-49)50-28-23-43(24-29-50)42-21-19-41(20-22-42)40-13-8-6-9-14-40/h6-39H,1-5H3. The summed E-state index contributed by atoms with van der Waals surface area (Å²) in [5.41, 5.74) is 20.2. The Morgan fingerprint density at radius 3 is 1.52 bits per heavy atom. The Kier molecular flexibility index (Phi) is 9.33. The van der Waals surface area contributed by atoms with E-state index >= 15 is 0 Å². The zero-order valence-corrected chi connectivity index (χ0v) is 37.3. The van der Waals surface area contributed by atoms with Crippen LogP contribution in [0.3, 0.4) is 0 Å². The van der Waals surface area contributed by atoms with Gasteiger partial charge in [-0.1, -0.05) is 180 Å². The smallest absolute Gasteiger partial charge is 0.0468 e. The van der Waals surface area contributed by atoms with Gasteiger partial charge in [0.25, 0.3) is 0 Å². The summed E-state index contributed by atoms with van der Waals surface area (Å²) in [7, 11) is 0. The predicted octanol–water partition coefficient (Wildman–Crippen LogP) is 17.8. The first-order valence-electron chi connectivity index (χ1n) is 22.1. The summed E-state index contributed by atoms with van der Waals surface area (Å²) in [6.07, 6.45) is 0. The maximum absolute atomic E-state index is 2.45. The molecule has 304 valence electrons. The summed E-state index contributed by atoms with van der Waals surface area (Å²) < 4.78 is 2.59. The topological polar surface area (TPSA) is 3.24 Å². The highest BCUT2D eigenvalue weighted by Crippen LogP contribution is 2.51. The van der Waals surface area contributed by atoms with Gasteiger partial charge in [0, 0.05) is 42.6 Å². The third kappa shape index (κ3) is 6.96. The monoisotopic (exact) mass is 827 g/mol. The molecule has 11 rings (SSSR count). The number of fused-ring (bicyclic) bond motifs is 6. The highest BCUT2D eigenvalue weighted by Gasteiger charge is 2.36. The predicted molar refractivity (Wildman–Crippen MR) is 272 cm³/mol. The Hall–Kier alpha value is -7.00. The third-order valence-corrected chi connectivity index (χ3v) is 14.4. The number of rotatable bonds is 7. The molecule has 0 radical (unpaired) electrons. The van der Waals surface area contributed by atoms with Gasteiger partial charge in [-0.3, -0.25) is 0 Å². The highest BCUT2D eigenvalue weighted by atomic mass is 32.1. The molecule has 0 unspecified atom stereocenters. The van der Waals surface area contributed by atoms with E-state index in [0.29, 0.717) is 0 Å². The number of para-hydroxylation sites is 1. The van der Waals surface area contributed by atoms with Crippen molar-refractivity contribution in [3.05, 3.63) is 223 Å². The van der Waals surface area contributed by atoms with Crippen molar-refractivity contribution >= 4 is 48.6 Å². The summed E-state index contributed by atoms with van der Waals surface area (Å²) in [6.45, 7) is 11.7. The molecule has 1 aliphatic carbocycles. The number of nitrogens with zero attached hydrogens (tertiary/aromatic N) is 1. The van der Waals surface area contributed by atoms with Crippen LogP contribution in [0.4, 0.5) is 17.1 Å². The van der Waals surface area contributed by atoms with E-state index in [1.54, 1.807) is 0 Å². The second-order valence-electron chi connectivity index (χ2n) is 18.6. The molecule has 1 aliphatic rings. The van der Waals surface area contributed by atoms with E-state index in [-0.39, 0.29) is 10.8 Å². The lowest BCUT2D eigenvalue weighted by Crippen LogP contribution is -2.17. The number of hydrogen-bond acceptors (Lipinski definition) is 2. The van der Waals surface area contributed by atoms with Gasteiger partial charge in [0.15, 0.2) is 0 Å². The lowest BCUT2D eigenvalue weighted by Gasteiger charge is -2.26. The van der Waals surface area contributed by atoms with Crippen LogP contribution >= 0.6 is 11.3 Å². The van der Waals surface area contributed by atoms with Crippen molar-refractivity contribution in [2.45, 2.75) is 45.4 Å². The van der Waals surface area contributed by atoms with Crippen LogP contribution in [-0.4, -0.2) is 0 Å². The molecule has 0 atom stereocenters. The molecule has 0 bridgehead atoms. The van der Waals surface area contributed by atoms with Crippen LogP contribution in [-0.2, 0) is 10.8 Å². The van der Waals surface area contributed by atoms with Crippen LogP contribution in [0.15, 0.2) is 206 Å². The van der Waals surface area contributed by atoms with Gasteiger partial charge in [-0.05, 0) is 138 Å². The van der Waals surface area contributed by atoms with E-state index in [0.717, 1.165) is 17.1 Å². The molecule has 0 N–H and O–H groups in total. The first-order chi connectivity index (χ1) is 30.6. The third-order valence-electron chi connectivity index (χ3n) is 13.2. The first kappa shape index (κ1) is 38.9. The maximum Gasteiger partial charge on any atom is 0.0468 e. The Morgan fingerprint density at radius 2 is 0.857 bits per heavy atom. The largest absolute Gasteiger partial charge is 0.310 e. The SMILES string of the molecule is CC(C)(C)c1ccc2c(c1)C(C)(C)c1cc(-c3cccc(-c4ccc5c(c4)sc4ccc(N(c6ccccc6)c6ccc(-c7ccc(-c8ccccc8)cc7)cc6)cc45)c3)ccc1-2. The number of benzene rings is 9. The Balaban J connectivity index is 0.896. The zero-order chi connectivity index (χ0) is 42.9. The van der Waals surface area contributed by atoms with Crippen LogP contribution in [0.25, 0.3) is 75.8 Å². The van der Waals surface area contributed by atoms with Gasteiger partial charge in [-0.2, -0.15) is 0 Å². The van der Waals surface area contributed by atoms with Crippen LogP contribution in [0.1, 0.15) is 51.3 Å². The quantitative estimate of drug-likeness (QED) is 0.155. The molecule has 1 heterocycles. The molecule has 2 heteroatoms. The van der Waals surface area contributed by atoms with Gasteiger partial charge in [0.1, 0.15) is 0 Å². The first-order valence-corrected chi connectivity index (χ1v) is 22.9. The zero-order valence-electron chi connectivity index (χ0n) is 36.5. The van der Waals surface area contributed by atoms with E-state index in [1.165, 1.54) is 92.5 Å². The summed E-state index contributed by atoms with van der Waals surface area (Å²) in [6, 6.07) is 76.3. The van der Waals surface area contributed by atoms with E-state index < -0.39 is 0 Å². The molecule has 9 aromatic carbocycles. The van der Waals surface area contributed by atoms with Crippen molar-refractivity contribution in [2.75, 3.05) is 4.90 Å². The summed E-state index contributed by atoms with van der Waals surface area (Å²) in [4.78, 5) is 2.37. The second kappa shape index (κ2) is 15.1. The average molecular weight is 828 g/mol. The summed E-state index contributed by atoms with van der Waals surface area (Å²) >= 11 is 1.87. The van der Waals surface area contributed by atoms with E-state index in [9.17, 15) is 0 Å². The molecule has 0 aliphatic heterocycles. The van der Waals surface area contributed by atoms with Gasteiger partial charge in [-0.15, -0.1) is 11.3 Å². The van der Waals surface area contributed by atoms with Crippen LogP contribution in [0.5, 0.6) is 0 Å². The normalized spacial score (nSPS) is 13.0. The fourth-order valence-electron chi connectivity index (χ4n) is 9.66. The van der Waals surface area contributed by atoms with Crippen molar-refractivity contribution in [1.29, 1.82) is 0 Å². The van der Waals surface area contributed by atoms with Gasteiger partial charge >= 0.3 is 0 Å². The van der Waals surface area contributed by atoms with Crippen LogP contribution in [0.2, 0.25) is 0 Å². The number of anilines is 3. The minimum absolute atomic E-state index is 0.0645. The molecule has 0 saturated carbocycles. The van der Waals surface area contributed by atoms with Crippen molar-refractivity contribution in [2.24, 2.45) is 0 Å². The molecule has 63 heavy (non-hydrogen) atoms. The number of hydrogen-bond donors (Lipinski definition) is 0. The summed E-state index contributed by atoms with van der Waals surface area (Å²) in [5, 5.41) is 2.56. The minimum Gasteiger partial charge on any atom is -0.310 e. The second-order valence-corrected chi connectivity index (χ2v) is 19.7. The molecular formula is C61H49NS. The number of thiophene rings is 1. The van der Waals surface area contributed by atoms with Crippen molar-refractivity contribution < 1.29 is 0 Å². The average Bonchev–Trinajstić information content (AvgIpc) is 3.80. The van der Waals surface area contributed by atoms with E-state index in [4.69, 9.17) is 0 Å². The minimum atomic E-state index is -0.0645. The Labute approximate surface area is 375 Å². The molecule has 10 aromatic rings. The lowest BCUT2D eigenvalue weighted by molar-refractivity contribution is 0.584. The molecule has 1 nitrogen and oxygen atoms in total. The summed E-state index contributed by atoms with van der Waals surface area (Å²) in [5.74, 6) is 0. The lowest BCUT2D eigenvalue weighted by atomic mass is 9.78. The van der Waals surface area contributed by atoms with Gasteiger partial charge in [-0.25, -0.2) is 0 Å². The maximum atomic E-state index is 2.45. The molecule has 0 spiro atoms. The van der Waals surface area contributed by atoms with Gasteiger partial charge in [0.05, 0.1) is 0 Å². The van der Waals surface area contributed by atoms with Crippen molar-refractivity contribution in [3.63, 3.8) is 0 Å². The fraction of sp³-hybridized carbons (Fsp3) is 0.115. The van der Waals surface area contributed by atoms with Crippen molar-refractivity contribution in [3.8, 4) is 55.6 Å². The van der Waals surface area contributed by atoms with E-state index in [1.807, 2.05) is 11.3 Å². The Morgan fingerprint density at radius 1 is 0.365 bits per heavy atom. The molecule has 0 amide bonds. The highest BCUT2D eigenvalue weighted by molar-refractivity contribution is 7.25. The van der Waals surface area contributed by atoms with E-state index in [2.05, 4.69) is 246 Å². The fourth-order valence-corrected chi connectivity index (χ4v) is 10.8.